The number of halogens is 1. The number of hydrogen-bond donors (Lipinski definition) is 3. The van der Waals surface area contributed by atoms with Crippen molar-refractivity contribution >= 4 is 61.9 Å². The number of hydrogen-bond acceptors (Lipinski definition) is 2. The first kappa shape index (κ1) is 13.4. The SMILES string of the molecule is O=C(Cn1ccc2cc(Br)ccc21)NNC(=S)S. The lowest BCUT2D eigenvalue weighted by atomic mass is 10.2. The minimum absolute atomic E-state index is 0.188. The average molecular weight is 344 g/mol. The van der Waals surface area contributed by atoms with Crippen LogP contribution in [0, 0.1) is 0 Å². The Hall–Kier alpha value is -1.05. The number of rotatable bonds is 2. The second-order valence-corrected chi connectivity index (χ2v) is 5.70. The molecule has 94 valence electrons. The molecule has 1 aromatic heterocycles. The lowest BCUT2D eigenvalue weighted by Crippen LogP contribution is -2.40. The molecule has 0 spiro atoms. The number of benzene rings is 1. The number of amides is 1. The van der Waals surface area contributed by atoms with Gasteiger partial charge in [0.15, 0.2) is 0 Å². The van der Waals surface area contributed by atoms with Gasteiger partial charge in [-0.05, 0) is 24.3 Å². The van der Waals surface area contributed by atoms with Crippen molar-refractivity contribution in [2.24, 2.45) is 0 Å². The highest BCUT2D eigenvalue weighted by Gasteiger charge is 2.06. The van der Waals surface area contributed by atoms with Crippen molar-refractivity contribution in [3.63, 3.8) is 0 Å². The smallest absolute Gasteiger partial charge is 0.258 e. The second kappa shape index (κ2) is 5.73. The first-order valence-electron chi connectivity index (χ1n) is 5.08. The first-order valence-corrected chi connectivity index (χ1v) is 6.73. The topological polar surface area (TPSA) is 46.1 Å². The Morgan fingerprint density at radius 2 is 2.17 bits per heavy atom. The highest BCUT2D eigenvalue weighted by molar-refractivity contribution is 9.10. The predicted octanol–water partition coefficient (Wildman–Crippen LogP) is 2.24. The van der Waals surface area contributed by atoms with Crippen LogP contribution < -0.4 is 10.9 Å². The van der Waals surface area contributed by atoms with E-state index in [1.807, 2.05) is 35.0 Å². The standard InChI is InChI=1S/C11H10BrN3OS2/c12-8-1-2-9-7(5-8)3-4-15(9)6-10(16)13-14-11(17)18/h1-5H,6H2,(H,13,16)(H2,14,17,18). The number of nitrogens with one attached hydrogen (secondary N) is 2. The van der Waals surface area contributed by atoms with Crippen LogP contribution in [0.3, 0.4) is 0 Å². The highest BCUT2D eigenvalue weighted by atomic mass is 79.9. The van der Waals surface area contributed by atoms with Crippen LogP contribution in [-0.4, -0.2) is 14.8 Å². The van der Waals surface area contributed by atoms with Crippen molar-refractivity contribution in [2.45, 2.75) is 6.54 Å². The van der Waals surface area contributed by atoms with Crippen LogP contribution in [0.5, 0.6) is 0 Å². The van der Waals surface area contributed by atoms with E-state index in [9.17, 15) is 4.79 Å². The fraction of sp³-hybridized carbons (Fsp3) is 0.0909. The van der Waals surface area contributed by atoms with Gasteiger partial charge < -0.3 is 4.57 Å². The third-order valence-corrected chi connectivity index (χ3v) is 3.06. The lowest BCUT2D eigenvalue weighted by Gasteiger charge is -2.08. The van der Waals surface area contributed by atoms with E-state index in [4.69, 9.17) is 0 Å². The Labute approximate surface area is 123 Å². The fourth-order valence-corrected chi connectivity index (χ4v) is 2.11. The molecular formula is C11H10BrN3OS2. The lowest BCUT2D eigenvalue weighted by molar-refractivity contribution is -0.122. The van der Waals surface area contributed by atoms with Gasteiger partial charge in [0.05, 0.1) is 0 Å². The summed E-state index contributed by atoms with van der Waals surface area (Å²) in [6.45, 7) is 0.217. The Bertz CT molecular complexity index is 611. The largest absolute Gasteiger partial charge is 0.338 e. The molecule has 2 rings (SSSR count). The molecule has 18 heavy (non-hydrogen) atoms. The molecule has 2 aromatic rings. The number of carbonyl (C=O) groups excluding carboxylic acids is 1. The molecule has 1 heterocycles. The van der Waals surface area contributed by atoms with Crippen molar-refractivity contribution in [1.29, 1.82) is 0 Å². The molecule has 0 unspecified atom stereocenters. The summed E-state index contributed by atoms with van der Waals surface area (Å²) in [5, 5.41) is 1.08. The third-order valence-electron chi connectivity index (χ3n) is 2.36. The maximum Gasteiger partial charge on any atom is 0.258 e. The summed E-state index contributed by atoms with van der Waals surface area (Å²) in [6, 6.07) is 7.87. The van der Waals surface area contributed by atoms with Crippen molar-refractivity contribution in [2.75, 3.05) is 0 Å². The summed E-state index contributed by atoms with van der Waals surface area (Å²) >= 11 is 11.9. The van der Waals surface area contributed by atoms with E-state index in [0.717, 1.165) is 15.4 Å². The van der Waals surface area contributed by atoms with Gasteiger partial charge in [-0.15, -0.1) is 12.6 Å². The Morgan fingerprint density at radius 1 is 1.39 bits per heavy atom. The molecule has 0 atom stereocenters. The fourth-order valence-electron chi connectivity index (χ4n) is 1.63. The van der Waals surface area contributed by atoms with E-state index in [2.05, 4.69) is 51.6 Å². The minimum Gasteiger partial charge on any atom is -0.338 e. The van der Waals surface area contributed by atoms with Gasteiger partial charge >= 0.3 is 0 Å². The van der Waals surface area contributed by atoms with Gasteiger partial charge in [-0.3, -0.25) is 15.6 Å². The summed E-state index contributed by atoms with van der Waals surface area (Å²) in [5.41, 5.74) is 5.95. The van der Waals surface area contributed by atoms with E-state index in [0.29, 0.717) is 0 Å². The molecule has 1 amide bonds. The van der Waals surface area contributed by atoms with Crippen molar-refractivity contribution in [3.05, 3.63) is 34.9 Å². The van der Waals surface area contributed by atoms with Crippen LogP contribution in [0.15, 0.2) is 34.9 Å². The second-order valence-electron chi connectivity index (χ2n) is 3.63. The Morgan fingerprint density at radius 3 is 2.89 bits per heavy atom. The molecule has 0 saturated heterocycles. The zero-order chi connectivity index (χ0) is 13.1. The molecule has 0 aliphatic rings. The van der Waals surface area contributed by atoms with E-state index >= 15 is 0 Å². The van der Waals surface area contributed by atoms with Crippen LogP contribution in [0.4, 0.5) is 0 Å². The van der Waals surface area contributed by atoms with Crippen LogP contribution in [0.2, 0.25) is 0 Å². The van der Waals surface area contributed by atoms with Gasteiger partial charge in [0.25, 0.3) is 5.91 Å². The van der Waals surface area contributed by atoms with Gasteiger partial charge in [0.2, 0.25) is 0 Å². The average Bonchev–Trinajstić information content (AvgIpc) is 2.69. The summed E-state index contributed by atoms with van der Waals surface area (Å²) in [5.74, 6) is -0.188. The van der Waals surface area contributed by atoms with Crippen molar-refractivity contribution < 1.29 is 4.79 Å². The molecule has 0 saturated carbocycles. The molecule has 0 aliphatic heterocycles. The molecule has 0 aliphatic carbocycles. The molecular weight excluding hydrogens is 334 g/mol. The van der Waals surface area contributed by atoms with Gasteiger partial charge in [0.1, 0.15) is 10.9 Å². The molecule has 0 fully saturated rings. The zero-order valence-electron chi connectivity index (χ0n) is 9.18. The van der Waals surface area contributed by atoms with Crippen molar-refractivity contribution in [1.82, 2.24) is 15.4 Å². The molecule has 7 heteroatoms. The maximum absolute atomic E-state index is 11.6. The summed E-state index contributed by atoms with van der Waals surface area (Å²) < 4.78 is 3.10. The van der Waals surface area contributed by atoms with Gasteiger partial charge in [-0.1, -0.05) is 28.1 Å². The Balaban J connectivity index is 2.12. The van der Waals surface area contributed by atoms with Gasteiger partial charge in [0, 0.05) is 21.6 Å². The van der Waals surface area contributed by atoms with Gasteiger partial charge in [-0.2, -0.15) is 0 Å². The van der Waals surface area contributed by atoms with E-state index < -0.39 is 0 Å². The number of thiocarbonyl (C=S) groups is 1. The number of aromatic nitrogens is 1. The molecule has 0 bridgehead atoms. The van der Waals surface area contributed by atoms with Crippen LogP contribution in [0.1, 0.15) is 0 Å². The number of carbonyl (C=O) groups is 1. The van der Waals surface area contributed by atoms with Gasteiger partial charge in [-0.25, -0.2) is 0 Å². The predicted molar refractivity (Wildman–Crippen MR) is 82.5 cm³/mol. The summed E-state index contributed by atoms with van der Waals surface area (Å²) in [7, 11) is 0. The number of nitrogens with zero attached hydrogens (tertiary/aromatic N) is 1. The third kappa shape index (κ3) is 3.24. The molecule has 0 radical (unpaired) electrons. The maximum atomic E-state index is 11.6. The molecule has 1 aromatic carbocycles. The normalized spacial score (nSPS) is 10.3. The Kier molecular flexibility index (Phi) is 4.26. The number of thiol groups is 1. The van der Waals surface area contributed by atoms with E-state index in [1.54, 1.807) is 0 Å². The quantitative estimate of drug-likeness (QED) is 0.445. The summed E-state index contributed by atoms with van der Waals surface area (Å²) in [6.07, 6.45) is 1.87. The van der Waals surface area contributed by atoms with Crippen LogP contribution in [0.25, 0.3) is 10.9 Å². The van der Waals surface area contributed by atoms with Crippen LogP contribution >= 0.6 is 40.8 Å². The molecule has 2 N–H and O–H groups in total. The van der Waals surface area contributed by atoms with Crippen molar-refractivity contribution in [3.8, 4) is 0 Å². The number of hydrazine groups is 1. The van der Waals surface area contributed by atoms with E-state index in [-0.39, 0.29) is 16.8 Å². The zero-order valence-corrected chi connectivity index (χ0v) is 12.5. The van der Waals surface area contributed by atoms with Crippen LogP contribution in [-0.2, 0) is 11.3 Å². The summed E-state index contributed by atoms with van der Waals surface area (Å²) in [4.78, 5) is 11.6. The van der Waals surface area contributed by atoms with E-state index in [1.165, 1.54) is 0 Å². The first-order chi connectivity index (χ1) is 8.56. The number of fused-ring (bicyclic) bond motifs is 1. The monoisotopic (exact) mass is 343 g/mol. The highest BCUT2D eigenvalue weighted by Crippen LogP contribution is 2.20. The molecule has 4 nitrogen and oxygen atoms in total. The minimum atomic E-state index is -0.188.